The van der Waals surface area contributed by atoms with Crippen LogP contribution in [0.5, 0.6) is 0 Å². The molecule has 5 heteroatoms. The maximum absolute atomic E-state index is 11.6. The lowest BCUT2D eigenvalue weighted by molar-refractivity contribution is -0.139. The fraction of sp³-hybridized carbons (Fsp3) is 0.273. The molecule has 1 aromatic carbocycles. The molecule has 5 nitrogen and oxygen atoms in total. The Morgan fingerprint density at radius 1 is 1.44 bits per heavy atom. The maximum atomic E-state index is 11.6. The third kappa shape index (κ3) is 1.90. The number of hydrogen-bond donors (Lipinski definition) is 2. The van der Waals surface area contributed by atoms with Crippen LogP contribution in [0.3, 0.4) is 0 Å². The number of carbonyl (C=O) groups is 2. The van der Waals surface area contributed by atoms with Crippen molar-refractivity contribution in [2.75, 3.05) is 5.01 Å². The van der Waals surface area contributed by atoms with Gasteiger partial charge in [0.1, 0.15) is 6.04 Å². The number of hydrazine groups is 1. The molecule has 0 spiro atoms. The molecule has 2 N–H and O–H groups in total. The van der Waals surface area contributed by atoms with E-state index in [2.05, 4.69) is 5.43 Å². The largest absolute Gasteiger partial charge is 0.480 e. The normalized spacial score (nSPS) is 20.2. The number of rotatable bonds is 2. The number of nitrogens with zero attached hydrogens (tertiary/aromatic N) is 1. The zero-order chi connectivity index (χ0) is 11.7. The van der Waals surface area contributed by atoms with E-state index in [1.54, 1.807) is 12.1 Å². The molecule has 1 heterocycles. The standard InChI is InChI=1S/C11H12N2O3/c1-7-2-4-8(5-3-7)13-10(14)6-9(12-13)11(15)16/h2-5,9,12H,6H2,1H3,(H,15,16). The second-order valence-electron chi connectivity index (χ2n) is 3.79. The molecule has 1 aliphatic heterocycles. The number of aliphatic carboxylic acids is 1. The first-order valence-electron chi connectivity index (χ1n) is 4.96. The van der Waals surface area contributed by atoms with Gasteiger partial charge in [-0.25, -0.2) is 10.4 Å². The highest BCUT2D eigenvalue weighted by atomic mass is 16.4. The van der Waals surface area contributed by atoms with Crippen molar-refractivity contribution in [1.82, 2.24) is 5.43 Å². The number of amides is 1. The van der Waals surface area contributed by atoms with Gasteiger partial charge >= 0.3 is 5.97 Å². The van der Waals surface area contributed by atoms with Crippen molar-refractivity contribution in [2.45, 2.75) is 19.4 Å². The Kier molecular flexibility index (Phi) is 2.62. The molecular weight excluding hydrogens is 208 g/mol. The van der Waals surface area contributed by atoms with Gasteiger partial charge in [-0.1, -0.05) is 17.7 Å². The van der Waals surface area contributed by atoms with Crippen LogP contribution < -0.4 is 10.4 Å². The molecular formula is C11H12N2O3. The minimum atomic E-state index is -1.01. The Bertz CT molecular complexity index is 427. The van der Waals surface area contributed by atoms with E-state index in [-0.39, 0.29) is 12.3 Å². The van der Waals surface area contributed by atoms with Gasteiger partial charge in [-0.05, 0) is 19.1 Å². The SMILES string of the molecule is Cc1ccc(N2NC(C(=O)O)CC2=O)cc1. The second kappa shape index (κ2) is 3.94. The summed E-state index contributed by atoms with van der Waals surface area (Å²) in [4.78, 5) is 22.3. The Morgan fingerprint density at radius 2 is 2.06 bits per heavy atom. The summed E-state index contributed by atoms with van der Waals surface area (Å²) in [6.45, 7) is 1.95. The molecule has 1 unspecified atom stereocenters. The van der Waals surface area contributed by atoms with E-state index < -0.39 is 12.0 Å². The van der Waals surface area contributed by atoms with Gasteiger partial charge in [0.25, 0.3) is 0 Å². The third-order valence-electron chi connectivity index (χ3n) is 2.50. The second-order valence-corrected chi connectivity index (χ2v) is 3.79. The van der Waals surface area contributed by atoms with Crippen LogP contribution in [0.1, 0.15) is 12.0 Å². The topological polar surface area (TPSA) is 69.6 Å². The van der Waals surface area contributed by atoms with E-state index in [0.717, 1.165) is 5.56 Å². The summed E-state index contributed by atoms with van der Waals surface area (Å²) in [5, 5.41) is 10.1. The lowest BCUT2D eigenvalue weighted by atomic mass is 10.2. The van der Waals surface area contributed by atoms with Crippen molar-refractivity contribution in [3.05, 3.63) is 29.8 Å². The highest BCUT2D eigenvalue weighted by Gasteiger charge is 2.34. The van der Waals surface area contributed by atoms with Gasteiger partial charge in [-0.2, -0.15) is 0 Å². The fourth-order valence-electron chi connectivity index (χ4n) is 1.59. The van der Waals surface area contributed by atoms with Crippen molar-refractivity contribution in [2.24, 2.45) is 0 Å². The molecule has 1 atom stereocenters. The van der Waals surface area contributed by atoms with Crippen LogP contribution in [0, 0.1) is 6.92 Å². The number of carbonyl (C=O) groups excluding carboxylic acids is 1. The van der Waals surface area contributed by atoms with E-state index in [0.29, 0.717) is 5.69 Å². The molecule has 16 heavy (non-hydrogen) atoms. The fourth-order valence-corrected chi connectivity index (χ4v) is 1.59. The van der Waals surface area contributed by atoms with Gasteiger partial charge < -0.3 is 5.11 Å². The van der Waals surface area contributed by atoms with E-state index in [9.17, 15) is 9.59 Å². The first kappa shape index (κ1) is 10.6. The summed E-state index contributed by atoms with van der Waals surface area (Å²) < 4.78 is 0. The molecule has 0 aromatic heterocycles. The number of hydrogen-bond acceptors (Lipinski definition) is 3. The van der Waals surface area contributed by atoms with Crippen LogP contribution in [-0.2, 0) is 9.59 Å². The molecule has 0 saturated carbocycles. The van der Waals surface area contributed by atoms with Crippen LogP contribution >= 0.6 is 0 Å². The molecule has 2 rings (SSSR count). The molecule has 1 aliphatic rings. The summed E-state index contributed by atoms with van der Waals surface area (Å²) in [6.07, 6.45) is -0.0107. The summed E-state index contributed by atoms with van der Waals surface area (Å²) in [7, 11) is 0. The van der Waals surface area contributed by atoms with E-state index in [1.807, 2.05) is 19.1 Å². The maximum Gasteiger partial charge on any atom is 0.323 e. The van der Waals surface area contributed by atoms with Gasteiger partial charge in [0.15, 0.2) is 0 Å². The molecule has 1 aromatic rings. The first-order chi connectivity index (χ1) is 7.58. The van der Waals surface area contributed by atoms with Crippen molar-refractivity contribution in [3.8, 4) is 0 Å². The van der Waals surface area contributed by atoms with Crippen LogP contribution in [0.25, 0.3) is 0 Å². The average Bonchev–Trinajstić information content (AvgIpc) is 2.62. The zero-order valence-electron chi connectivity index (χ0n) is 8.80. The number of carboxylic acids is 1. The quantitative estimate of drug-likeness (QED) is 0.769. The minimum absolute atomic E-state index is 0.0107. The highest BCUT2D eigenvalue weighted by Crippen LogP contribution is 2.19. The Morgan fingerprint density at radius 3 is 2.56 bits per heavy atom. The van der Waals surface area contributed by atoms with Crippen molar-refractivity contribution < 1.29 is 14.7 Å². The first-order valence-corrected chi connectivity index (χ1v) is 4.96. The Labute approximate surface area is 92.6 Å². The summed E-state index contributed by atoms with van der Waals surface area (Å²) in [5.41, 5.74) is 4.41. The third-order valence-corrected chi connectivity index (χ3v) is 2.50. The van der Waals surface area contributed by atoms with E-state index in [4.69, 9.17) is 5.11 Å². The van der Waals surface area contributed by atoms with Crippen LogP contribution in [0.4, 0.5) is 5.69 Å². The number of anilines is 1. The molecule has 1 amide bonds. The van der Waals surface area contributed by atoms with Crippen molar-refractivity contribution in [3.63, 3.8) is 0 Å². The molecule has 0 radical (unpaired) electrons. The van der Waals surface area contributed by atoms with Gasteiger partial charge in [-0.3, -0.25) is 9.59 Å². The Hall–Kier alpha value is -1.88. The monoisotopic (exact) mass is 220 g/mol. The molecule has 1 saturated heterocycles. The number of aryl methyl sites for hydroxylation is 1. The number of carboxylic acid groups (broad SMARTS) is 1. The lowest BCUT2D eigenvalue weighted by Crippen LogP contribution is -2.40. The van der Waals surface area contributed by atoms with Crippen molar-refractivity contribution in [1.29, 1.82) is 0 Å². The molecule has 0 aliphatic carbocycles. The molecule has 0 bridgehead atoms. The predicted octanol–water partition coefficient (Wildman–Crippen LogP) is 0.690. The highest BCUT2D eigenvalue weighted by molar-refractivity contribution is 5.99. The van der Waals surface area contributed by atoms with Crippen molar-refractivity contribution >= 4 is 17.6 Å². The molecule has 84 valence electrons. The van der Waals surface area contributed by atoms with Gasteiger partial charge in [0, 0.05) is 0 Å². The summed E-state index contributed by atoms with van der Waals surface area (Å²) in [5.74, 6) is -1.24. The van der Waals surface area contributed by atoms with Crippen LogP contribution in [0.15, 0.2) is 24.3 Å². The van der Waals surface area contributed by atoms with E-state index in [1.165, 1.54) is 5.01 Å². The van der Waals surface area contributed by atoms with Crippen LogP contribution in [0.2, 0.25) is 0 Å². The number of nitrogens with one attached hydrogen (secondary N) is 1. The van der Waals surface area contributed by atoms with Gasteiger partial charge in [0.2, 0.25) is 5.91 Å². The predicted molar refractivity (Wildman–Crippen MR) is 57.8 cm³/mol. The van der Waals surface area contributed by atoms with E-state index >= 15 is 0 Å². The summed E-state index contributed by atoms with van der Waals surface area (Å²) >= 11 is 0. The Balaban J connectivity index is 2.20. The number of benzene rings is 1. The molecule has 1 fully saturated rings. The zero-order valence-corrected chi connectivity index (χ0v) is 8.80. The summed E-state index contributed by atoms with van der Waals surface area (Å²) in [6, 6.07) is 6.49. The minimum Gasteiger partial charge on any atom is -0.480 e. The van der Waals surface area contributed by atoms with Crippen LogP contribution in [-0.4, -0.2) is 23.0 Å². The lowest BCUT2D eigenvalue weighted by Gasteiger charge is -2.16. The van der Waals surface area contributed by atoms with Gasteiger partial charge in [0.05, 0.1) is 12.1 Å². The average molecular weight is 220 g/mol. The smallest absolute Gasteiger partial charge is 0.323 e. The van der Waals surface area contributed by atoms with Gasteiger partial charge in [-0.15, -0.1) is 0 Å².